The van der Waals surface area contributed by atoms with Gasteiger partial charge in [-0.05, 0) is 17.7 Å². The average Bonchev–Trinajstić information content (AvgIpc) is 2.37. The summed E-state index contributed by atoms with van der Waals surface area (Å²) in [5.74, 6) is 1.78. The Morgan fingerprint density at radius 1 is 1.33 bits per heavy atom. The molecule has 2 nitrogen and oxygen atoms in total. The molecule has 2 aromatic rings. The summed E-state index contributed by atoms with van der Waals surface area (Å²) in [6.45, 7) is 0. The Morgan fingerprint density at radius 2 is 2.06 bits per heavy atom. The molecule has 0 N–H and O–H groups in total. The third kappa shape index (κ3) is 4.94. The summed E-state index contributed by atoms with van der Waals surface area (Å²) in [5.41, 5.74) is 1.25. The Balaban J connectivity index is 0.00000162. The largest absolute Gasteiger partial charge is 1.00 e. The van der Waals surface area contributed by atoms with E-state index in [1.807, 2.05) is 24.3 Å². The van der Waals surface area contributed by atoms with Gasteiger partial charge in [0.05, 0.1) is 7.11 Å². The van der Waals surface area contributed by atoms with Crippen molar-refractivity contribution in [3.63, 3.8) is 0 Å². The Morgan fingerprint density at radius 3 is 2.67 bits per heavy atom. The molecule has 2 rings (SSSR count). The van der Waals surface area contributed by atoms with E-state index in [4.69, 9.17) is 4.74 Å². The first-order valence-electron chi connectivity index (χ1n) is 5.08. The SMILES string of the molecule is COc1ccc(CSc2cc[c-]c(Br)n2)cc1.[HH].[Na+]. The molecule has 0 amide bonds. The number of rotatable bonds is 4. The summed E-state index contributed by atoms with van der Waals surface area (Å²) in [5, 5.41) is 0.992. The van der Waals surface area contributed by atoms with Crippen molar-refractivity contribution in [2.45, 2.75) is 10.8 Å². The van der Waals surface area contributed by atoms with Crippen molar-refractivity contribution in [1.82, 2.24) is 4.98 Å². The van der Waals surface area contributed by atoms with E-state index in [9.17, 15) is 0 Å². The fraction of sp³-hybridized carbons (Fsp3) is 0.154. The molecule has 0 bridgehead atoms. The van der Waals surface area contributed by atoms with Crippen molar-refractivity contribution < 1.29 is 35.7 Å². The van der Waals surface area contributed by atoms with Gasteiger partial charge in [0, 0.05) is 16.8 Å². The van der Waals surface area contributed by atoms with Crippen molar-refractivity contribution in [3.05, 3.63) is 52.6 Å². The number of thioether (sulfide) groups is 1. The third-order valence-electron chi connectivity index (χ3n) is 2.18. The monoisotopic (exact) mass is 333 g/mol. The van der Waals surface area contributed by atoms with Crippen LogP contribution in [0.25, 0.3) is 0 Å². The van der Waals surface area contributed by atoms with Gasteiger partial charge in [0.15, 0.2) is 0 Å². The van der Waals surface area contributed by atoms with Gasteiger partial charge in [-0.1, -0.05) is 28.1 Å². The van der Waals surface area contributed by atoms with Crippen molar-refractivity contribution in [3.8, 4) is 5.75 Å². The number of aromatic nitrogens is 1. The average molecular weight is 334 g/mol. The van der Waals surface area contributed by atoms with E-state index in [0.29, 0.717) is 0 Å². The topological polar surface area (TPSA) is 22.1 Å². The fourth-order valence-electron chi connectivity index (χ4n) is 1.31. The number of nitrogens with zero attached hydrogens (tertiary/aromatic N) is 1. The maximum atomic E-state index is 5.12. The van der Waals surface area contributed by atoms with E-state index in [-0.39, 0.29) is 31.0 Å². The van der Waals surface area contributed by atoms with Crippen molar-refractivity contribution in [2.75, 3.05) is 7.11 Å². The quantitative estimate of drug-likeness (QED) is 0.363. The van der Waals surface area contributed by atoms with Crippen LogP contribution < -0.4 is 34.3 Å². The molecule has 0 spiro atoms. The fourth-order valence-corrected chi connectivity index (χ4v) is 2.58. The van der Waals surface area contributed by atoms with Gasteiger partial charge in [0.1, 0.15) is 5.75 Å². The first-order valence-corrected chi connectivity index (χ1v) is 6.86. The zero-order valence-corrected chi connectivity index (χ0v) is 14.7. The number of pyridine rings is 1. The summed E-state index contributed by atoms with van der Waals surface area (Å²) >= 11 is 5.01. The normalized spacial score (nSPS) is 9.67. The predicted octanol–water partition coefficient (Wildman–Crippen LogP) is 1.20. The minimum absolute atomic E-state index is 0. The number of halogens is 1. The minimum atomic E-state index is 0. The van der Waals surface area contributed by atoms with Crippen LogP contribution in [0.3, 0.4) is 0 Å². The summed E-state index contributed by atoms with van der Waals surface area (Å²) in [7, 11) is 1.67. The van der Waals surface area contributed by atoms with Crippen LogP contribution in [-0.2, 0) is 5.75 Å². The molecule has 0 radical (unpaired) electrons. The van der Waals surface area contributed by atoms with Gasteiger partial charge in [-0.2, -0.15) is 6.07 Å². The third-order valence-corrected chi connectivity index (χ3v) is 3.59. The molecule has 0 aliphatic rings. The number of hydrogen-bond acceptors (Lipinski definition) is 3. The molecule has 90 valence electrons. The van der Waals surface area contributed by atoms with Crippen LogP contribution in [0.4, 0.5) is 0 Å². The predicted molar refractivity (Wildman–Crippen MR) is 75.4 cm³/mol. The Bertz CT molecular complexity index is 498. The first kappa shape index (κ1) is 16.1. The van der Waals surface area contributed by atoms with Gasteiger partial charge in [0.2, 0.25) is 0 Å². The maximum Gasteiger partial charge on any atom is 1.00 e. The summed E-state index contributed by atoms with van der Waals surface area (Å²) in [6, 6.07) is 14.9. The van der Waals surface area contributed by atoms with Gasteiger partial charge in [-0.25, -0.2) is 12.1 Å². The molecule has 1 aromatic heterocycles. The molecule has 1 heterocycles. The molecular formula is C13H13BrNNaOS. The standard InChI is InChI=1S/C13H11BrNOS.Na.H2/c1-16-11-7-5-10(6-8-11)9-17-13-4-2-3-12(14)15-13;;/h2,4-8H,9H2,1H3;;1H/q-1;+1;. The van der Waals surface area contributed by atoms with E-state index >= 15 is 0 Å². The van der Waals surface area contributed by atoms with Gasteiger partial charge in [-0.15, -0.1) is 11.8 Å². The van der Waals surface area contributed by atoms with Crippen LogP contribution in [0, 0.1) is 6.07 Å². The van der Waals surface area contributed by atoms with Gasteiger partial charge in [-0.3, -0.25) is 4.98 Å². The zero-order valence-electron chi connectivity index (χ0n) is 10.3. The van der Waals surface area contributed by atoms with Crippen molar-refractivity contribution in [2.24, 2.45) is 0 Å². The molecule has 0 unspecified atom stereocenters. The van der Waals surface area contributed by atoms with Crippen LogP contribution in [0.2, 0.25) is 0 Å². The number of methoxy groups -OCH3 is 1. The maximum absolute atomic E-state index is 5.12. The molecule has 1 aromatic carbocycles. The van der Waals surface area contributed by atoms with Gasteiger partial charge < -0.3 is 4.74 Å². The second-order valence-corrected chi connectivity index (χ2v) is 5.10. The van der Waals surface area contributed by atoms with Crippen LogP contribution in [0.1, 0.15) is 6.99 Å². The summed E-state index contributed by atoms with van der Waals surface area (Å²) in [6.07, 6.45) is 0. The Kier molecular flexibility index (Phi) is 7.34. The van der Waals surface area contributed by atoms with E-state index < -0.39 is 0 Å². The number of hydrogen-bond donors (Lipinski definition) is 0. The van der Waals surface area contributed by atoms with Crippen LogP contribution >= 0.6 is 27.7 Å². The molecule has 18 heavy (non-hydrogen) atoms. The minimum Gasteiger partial charge on any atom is -0.497 e. The molecule has 5 heteroatoms. The van der Waals surface area contributed by atoms with Crippen LogP contribution in [0.15, 0.2) is 46.0 Å². The molecular weight excluding hydrogens is 321 g/mol. The zero-order chi connectivity index (χ0) is 12.1. The first-order chi connectivity index (χ1) is 8.28. The van der Waals surface area contributed by atoms with E-state index in [0.717, 1.165) is 21.1 Å². The molecule has 0 saturated carbocycles. The summed E-state index contributed by atoms with van der Waals surface area (Å²) in [4.78, 5) is 4.32. The molecule has 0 saturated heterocycles. The van der Waals surface area contributed by atoms with Gasteiger partial charge in [0.25, 0.3) is 0 Å². The van der Waals surface area contributed by atoms with E-state index in [1.165, 1.54) is 5.56 Å². The number of ether oxygens (including phenoxy) is 1. The second kappa shape index (κ2) is 8.23. The Hall–Kier alpha value is 0. The smallest absolute Gasteiger partial charge is 0.497 e. The van der Waals surface area contributed by atoms with Crippen LogP contribution in [-0.4, -0.2) is 12.1 Å². The van der Waals surface area contributed by atoms with Gasteiger partial charge >= 0.3 is 29.6 Å². The number of benzene rings is 1. The Labute approximate surface area is 143 Å². The molecule has 0 aliphatic heterocycles. The summed E-state index contributed by atoms with van der Waals surface area (Å²) < 4.78 is 5.87. The second-order valence-electron chi connectivity index (χ2n) is 3.36. The van der Waals surface area contributed by atoms with Crippen molar-refractivity contribution in [1.29, 1.82) is 0 Å². The van der Waals surface area contributed by atoms with Crippen molar-refractivity contribution >= 4 is 27.7 Å². The van der Waals surface area contributed by atoms with E-state index in [2.05, 4.69) is 39.1 Å². The molecule has 0 fully saturated rings. The molecule has 0 aliphatic carbocycles. The molecule has 0 atom stereocenters. The van der Waals surface area contributed by atoms with Crippen LogP contribution in [0.5, 0.6) is 5.75 Å². The van der Waals surface area contributed by atoms with E-state index in [1.54, 1.807) is 18.9 Å².